The van der Waals surface area contributed by atoms with Gasteiger partial charge in [0.15, 0.2) is 0 Å². The van der Waals surface area contributed by atoms with E-state index in [0.717, 1.165) is 17.8 Å². The van der Waals surface area contributed by atoms with Crippen molar-refractivity contribution >= 4 is 23.3 Å². The first-order valence-corrected chi connectivity index (χ1v) is 11.5. The van der Waals surface area contributed by atoms with Crippen LogP contribution in [-0.4, -0.2) is 84.2 Å². The average Bonchev–Trinajstić information content (AvgIpc) is 3.13. The molecule has 0 aromatic heterocycles. The highest BCUT2D eigenvalue weighted by atomic mass is 19.1. The molecule has 2 aliphatic heterocycles. The minimum atomic E-state index is -1.35. The smallest absolute Gasteiger partial charge is 0.319 e. The van der Waals surface area contributed by atoms with E-state index in [-0.39, 0.29) is 30.4 Å². The van der Waals surface area contributed by atoms with E-state index in [4.69, 9.17) is 4.74 Å². The molecule has 2 aromatic rings. The molecule has 4 atom stereocenters. The number of piperazine rings is 1. The Morgan fingerprint density at radius 2 is 1.56 bits per heavy atom. The topological polar surface area (TPSA) is 114 Å². The molecule has 2 aromatic carbocycles. The fourth-order valence-electron chi connectivity index (χ4n) is 4.28. The Morgan fingerprint density at radius 1 is 0.917 bits per heavy atom. The third-order valence-corrected chi connectivity index (χ3v) is 6.30. The number of nitrogens with one attached hydrogen (secondary N) is 2. The van der Waals surface area contributed by atoms with Crippen LogP contribution in [0.25, 0.3) is 0 Å². The van der Waals surface area contributed by atoms with E-state index < -0.39 is 42.1 Å². The van der Waals surface area contributed by atoms with Crippen LogP contribution in [0.1, 0.15) is 6.42 Å². The second-order valence-electron chi connectivity index (χ2n) is 8.70. The lowest BCUT2D eigenvalue weighted by atomic mass is 10.0. The number of ether oxygens (including phenoxy) is 1. The highest BCUT2D eigenvalue weighted by Gasteiger charge is 2.44. The predicted molar refractivity (Wildman–Crippen MR) is 124 cm³/mol. The largest absolute Gasteiger partial charge is 0.388 e. The summed E-state index contributed by atoms with van der Waals surface area (Å²) in [5.41, 5.74) is 0.632. The van der Waals surface area contributed by atoms with Gasteiger partial charge in [-0.2, -0.15) is 0 Å². The number of rotatable bonds is 6. The molecule has 4 unspecified atom stereocenters. The van der Waals surface area contributed by atoms with Crippen molar-refractivity contribution in [2.75, 3.05) is 42.9 Å². The zero-order valence-corrected chi connectivity index (χ0v) is 19.2. The number of nitrogens with zero attached hydrogens (tertiary/aromatic N) is 2. The maximum absolute atomic E-state index is 13.7. The standard InChI is InChI=1S/C24H27F3N4O5/c25-14-1-4-16(5-2-14)30-7-9-31(10-8-30)21(32)12-19-22(33)23(34)20(36-19)13-28-24(35)29-18-6-3-15(26)11-17(18)27/h1-6,11,19-20,22-23,33-34H,7-10,12-13H2,(H2,28,29,35). The zero-order valence-electron chi connectivity index (χ0n) is 19.2. The highest BCUT2D eigenvalue weighted by Crippen LogP contribution is 2.25. The summed E-state index contributed by atoms with van der Waals surface area (Å²) in [6, 6.07) is 7.99. The molecule has 36 heavy (non-hydrogen) atoms. The maximum atomic E-state index is 13.7. The molecule has 194 valence electrons. The van der Waals surface area contributed by atoms with Gasteiger partial charge < -0.3 is 35.4 Å². The molecule has 0 aliphatic carbocycles. The van der Waals surface area contributed by atoms with Crippen LogP contribution in [0.2, 0.25) is 0 Å². The van der Waals surface area contributed by atoms with Crippen LogP contribution in [0.5, 0.6) is 0 Å². The molecular formula is C24H27F3N4O5. The Kier molecular flexibility index (Phi) is 7.97. The number of hydrogen-bond acceptors (Lipinski definition) is 6. The van der Waals surface area contributed by atoms with Gasteiger partial charge in [0.25, 0.3) is 0 Å². The van der Waals surface area contributed by atoms with Crippen molar-refractivity contribution in [2.45, 2.75) is 30.8 Å². The summed E-state index contributed by atoms with van der Waals surface area (Å²) in [4.78, 5) is 28.5. The summed E-state index contributed by atoms with van der Waals surface area (Å²) in [5.74, 6) is -2.30. The monoisotopic (exact) mass is 508 g/mol. The number of halogens is 3. The minimum Gasteiger partial charge on any atom is -0.388 e. The molecule has 0 radical (unpaired) electrons. The lowest BCUT2D eigenvalue weighted by Gasteiger charge is -2.36. The molecule has 2 saturated heterocycles. The number of anilines is 2. The SMILES string of the molecule is O=C(NCC1OC(CC(=O)N2CCN(c3ccc(F)cc3)CC2)C(O)C1O)Nc1ccc(F)cc1F. The van der Waals surface area contributed by atoms with Crippen molar-refractivity contribution in [2.24, 2.45) is 0 Å². The molecule has 0 bridgehead atoms. The first-order chi connectivity index (χ1) is 17.2. The number of aliphatic hydroxyl groups is 2. The molecule has 3 amide bonds. The van der Waals surface area contributed by atoms with Gasteiger partial charge in [-0.1, -0.05) is 0 Å². The summed E-state index contributed by atoms with van der Waals surface area (Å²) in [7, 11) is 0. The highest BCUT2D eigenvalue weighted by molar-refractivity contribution is 5.89. The molecule has 2 heterocycles. The molecular weight excluding hydrogens is 481 g/mol. The lowest BCUT2D eigenvalue weighted by Crippen LogP contribution is -2.49. The van der Waals surface area contributed by atoms with Crippen LogP contribution in [0, 0.1) is 17.5 Å². The van der Waals surface area contributed by atoms with Crippen LogP contribution < -0.4 is 15.5 Å². The zero-order chi connectivity index (χ0) is 25.8. The summed E-state index contributed by atoms with van der Waals surface area (Å²) in [5, 5.41) is 25.3. The Bertz CT molecular complexity index is 1080. The van der Waals surface area contributed by atoms with Crippen molar-refractivity contribution in [3.63, 3.8) is 0 Å². The van der Waals surface area contributed by atoms with Gasteiger partial charge in [0.05, 0.1) is 18.2 Å². The van der Waals surface area contributed by atoms with Gasteiger partial charge in [-0.3, -0.25) is 4.79 Å². The molecule has 0 spiro atoms. The first-order valence-electron chi connectivity index (χ1n) is 11.5. The van der Waals surface area contributed by atoms with Crippen molar-refractivity contribution in [1.29, 1.82) is 0 Å². The van der Waals surface area contributed by atoms with E-state index in [2.05, 4.69) is 10.6 Å². The van der Waals surface area contributed by atoms with Crippen LogP contribution in [0.4, 0.5) is 29.3 Å². The van der Waals surface area contributed by atoms with Crippen molar-refractivity contribution in [3.05, 3.63) is 59.9 Å². The maximum Gasteiger partial charge on any atom is 0.319 e. The van der Waals surface area contributed by atoms with E-state index in [1.807, 2.05) is 4.90 Å². The number of aliphatic hydroxyl groups excluding tert-OH is 2. The van der Waals surface area contributed by atoms with Gasteiger partial charge in [-0.25, -0.2) is 18.0 Å². The number of amides is 3. The normalized spacial score (nSPS) is 24.0. The molecule has 4 rings (SSSR count). The number of urea groups is 1. The molecule has 12 heteroatoms. The second-order valence-corrected chi connectivity index (χ2v) is 8.70. The van der Waals surface area contributed by atoms with E-state index in [0.29, 0.717) is 32.2 Å². The minimum absolute atomic E-state index is 0.155. The van der Waals surface area contributed by atoms with Gasteiger partial charge in [-0.05, 0) is 36.4 Å². The third-order valence-electron chi connectivity index (χ3n) is 6.30. The Labute approximate surface area is 205 Å². The number of hydrogen-bond donors (Lipinski definition) is 4. The number of carbonyl (C=O) groups excluding carboxylic acids is 2. The van der Waals surface area contributed by atoms with Gasteiger partial charge in [0, 0.05) is 44.5 Å². The molecule has 2 fully saturated rings. The summed E-state index contributed by atoms with van der Waals surface area (Å²) in [6.07, 6.45) is -4.79. The fraction of sp³-hybridized carbons (Fsp3) is 0.417. The van der Waals surface area contributed by atoms with Gasteiger partial charge >= 0.3 is 6.03 Å². The Morgan fingerprint density at radius 3 is 2.22 bits per heavy atom. The Hall–Kier alpha value is -3.35. The lowest BCUT2D eigenvalue weighted by molar-refractivity contribution is -0.135. The van der Waals surface area contributed by atoms with E-state index in [1.165, 1.54) is 12.1 Å². The van der Waals surface area contributed by atoms with Gasteiger partial charge in [0.1, 0.15) is 35.8 Å². The first kappa shape index (κ1) is 25.7. The summed E-state index contributed by atoms with van der Waals surface area (Å²) in [6.45, 7) is 1.78. The van der Waals surface area contributed by atoms with E-state index in [1.54, 1.807) is 17.0 Å². The quantitative estimate of drug-likeness (QED) is 0.470. The summed E-state index contributed by atoms with van der Waals surface area (Å²) >= 11 is 0. The van der Waals surface area contributed by atoms with E-state index >= 15 is 0 Å². The van der Waals surface area contributed by atoms with Crippen LogP contribution >= 0.6 is 0 Å². The average molecular weight is 508 g/mol. The second kappa shape index (κ2) is 11.1. The van der Waals surface area contributed by atoms with Crippen molar-refractivity contribution in [3.8, 4) is 0 Å². The molecule has 0 saturated carbocycles. The van der Waals surface area contributed by atoms with Gasteiger partial charge in [-0.15, -0.1) is 0 Å². The Balaban J connectivity index is 1.23. The number of carbonyl (C=O) groups is 2. The third kappa shape index (κ3) is 6.07. The molecule has 9 nitrogen and oxygen atoms in total. The van der Waals surface area contributed by atoms with Crippen molar-refractivity contribution < 1.29 is 37.7 Å². The van der Waals surface area contributed by atoms with E-state index in [9.17, 15) is 33.0 Å². The van der Waals surface area contributed by atoms with Crippen LogP contribution in [-0.2, 0) is 9.53 Å². The molecule has 2 aliphatic rings. The summed E-state index contributed by atoms with van der Waals surface area (Å²) < 4.78 is 45.4. The van der Waals surface area contributed by atoms with Gasteiger partial charge in [0.2, 0.25) is 5.91 Å². The van der Waals surface area contributed by atoms with Crippen molar-refractivity contribution in [1.82, 2.24) is 10.2 Å². The van der Waals surface area contributed by atoms with Crippen LogP contribution in [0.3, 0.4) is 0 Å². The number of benzene rings is 2. The predicted octanol–water partition coefficient (Wildman–Crippen LogP) is 1.45. The fourth-order valence-corrected chi connectivity index (χ4v) is 4.28. The van der Waals surface area contributed by atoms with Crippen LogP contribution in [0.15, 0.2) is 42.5 Å². The molecule has 4 N–H and O–H groups in total.